The number of likely N-dealkylation sites (N-methyl/N-ethyl adjacent to an activating group) is 1. The van der Waals surface area contributed by atoms with E-state index in [4.69, 9.17) is 11.6 Å². The van der Waals surface area contributed by atoms with Gasteiger partial charge in [-0.15, -0.1) is 0 Å². The summed E-state index contributed by atoms with van der Waals surface area (Å²) in [6.45, 7) is 6.07. The monoisotopic (exact) mass is 421 g/mol. The van der Waals surface area contributed by atoms with Gasteiger partial charge in [-0.3, -0.25) is 4.79 Å². The van der Waals surface area contributed by atoms with Gasteiger partial charge in [0.2, 0.25) is 10.0 Å². The second-order valence-electron chi connectivity index (χ2n) is 7.11. The quantitative estimate of drug-likeness (QED) is 0.823. The molecule has 1 N–H and O–H groups in total. The number of halogens is 1. The van der Waals surface area contributed by atoms with Crippen LogP contribution in [0.15, 0.2) is 41.3 Å². The van der Waals surface area contributed by atoms with E-state index in [2.05, 4.69) is 10.2 Å². The van der Waals surface area contributed by atoms with Gasteiger partial charge in [0.25, 0.3) is 5.91 Å². The minimum Gasteiger partial charge on any atom is -0.322 e. The first-order valence-corrected chi connectivity index (χ1v) is 10.9. The maximum atomic E-state index is 13.0. The van der Waals surface area contributed by atoms with E-state index in [0.717, 1.165) is 11.1 Å². The molecule has 8 heteroatoms. The number of benzene rings is 2. The Kier molecular flexibility index (Phi) is 6.09. The van der Waals surface area contributed by atoms with Gasteiger partial charge in [0, 0.05) is 37.4 Å². The minimum atomic E-state index is -3.76. The Hall–Kier alpha value is -1.93. The fourth-order valence-corrected chi connectivity index (χ4v) is 4.95. The SMILES string of the molecule is Cc1ccc(NC(=O)c2ccc(Cl)c(S(=O)(=O)N3CCN(C)CC3)c2)cc1C. The molecule has 0 bridgehead atoms. The van der Waals surface area contributed by atoms with Crippen molar-refractivity contribution >= 4 is 33.2 Å². The van der Waals surface area contributed by atoms with Crippen LogP contribution in [0.3, 0.4) is 0 Å². The van der Waals surface area contributed by atoms with Crippen molar-refractivity contribution in [3.8, 4) is 0 Å². The Bertz CT molecular complexity index is 1000. The van der Waals surface area contributed by atoms with Crippen LogP contribution in [0, 0.1) is 13.8 Å². The molecule has 0 unspecified atom stereocenters. The molecule has 1 fully saturated rings. The number of sulfonamides is 1. The number of nitrogens with zero attached hydrogens (tertiary/aromatic N) is 2. The Morgan fingerprint density at radius 1 is 1.00 bits per heavy atom. The van der Waals surface area contributed by atoms with E-state index in [1.54, 1.807) is 0 Å². The van der Waals surface area contributed by atoms with Gasteiger partial charge in [0.1, 0.15) is 4.90 Å². The van der Waals surface area contributed by atoms with E-state index in [0.29, 0.717) is 31.9 Å². The number of nitrogens with one attached hydrogen (secondary N) is 1. The van der Waals surface area contributed by atoms with Gasteiger partial charge in [0.15, 0.2) is 0 Å². The zero-order valence-corrected chi connectivity index (χ0v) is 17.8. The largest absolute Gasteiger partial charge is 0.322 e. The van der Waals surface area contributed by atoms with Crippen LogP contribution in [0.1, 0.15) is 21.5 Å². The molecule has 1 amide bonds. The van der Waals surface area contributed by atoms with Gasteiger partial charge < -0.3 is 10.2 Å². The van der Waals surface area contributed by atoms with Crippen LogP contribution < -0.4 is 5.32 Å². The van der Waals surface area contributed by atoms with E-state index in [-0.39, 0.29) is 21.4 Å². The third-order valence-electron chi connectivity index (χ3n) is 5.04. The molecular formula is C20H24ClN3O3S. The molecule has 3 rings (SSSR count). The molecule has 1 aliphatic rings. The summed E-state index contributed by atoms with van der Waals surface area (Å²) in [4.78, 5) is 14.7. The molecule has 2 aromatic carbocycles. The lowest BCUT2D eigenvalue weighted by Crippen LogP contribution is -2.47. The van der Waals surface area contributed by atoms with Crippen molar-refractivity contribution in [2.45, 2.75) is 18.7 Å². The second kappa shape index (κ2) is 8.21. The molecule has 0 spiro atoms. The van der Waals surface area contributed by atoms with Gasteiger partial charge in [-0.25, -0.2) is 8.42 Å². The number of piperazine rings is 1. The number of hydrogen-bond acceptors (Lipinski definition) is 4. The first kappa shape index (κ1) is 20.8. The van der Waals surface area contributed by atoms with Crippen LogP contribution in [0.25, 0.3) is 0 Å². The molecule has 0 radical (unpaired) electrons. The van der Waals surface area contributed by atoms with Crippen LogP contribution in [-0.2, 0) is 10.0 Å². The van der Waals surface area contributed by atoms with Gasteiger partial charge in [-0.2, -0.15) is 4.31 Å². The highest BCUT2D eigenvalue weighted by Gasteiger charge is 2.30. The van der Waals surface area contributed by atoms with Crippen molar-refractivity contribution in [3.05, 3.63) is 58.1 Å². The maximum absolute atomic E-state index is 13.0. The smallest absolute Gasteiger partial charge is 0.255 e. The molecule has 2 aromatic rings. The topological polar surface area (TPSA) is 69.7 Å². The molecule has 0 aliphatic carbocycles. The fourth-order valence-electron chi connectivity index (χ4n) is 3.03. The van der Waals surface area contributed by atoms with Crippen molar-refractivity contribution in [3.63, 3.8) is 0 Å². The van der Waals surface area contributed by atoms with Crippen molar-refractivity contribution in [1.82, 2.24) is 9.21 Å². The van der Waals surface area contributed by atoms with E-state index in [1.165, 1.54) is 22.5 Å². The summed E-state index contributed by atoms with van der Waals surface area (Å²) in [7, 11) is -1.81. The van der Waals surface area contributed by atoms with Crippen LogP contribution in [0.2, 0.25) is 5.02 Å². The molecule has 150 valence electrons. The number of carbonyl (C=O) groups is 1. The normalized spacial score (nSPS) is 16.1. The molecule has 28 heavy (non-hydrogen) atoms. The predicted octanol–water partition coefficient (Wildman–Crippen LogP) is 3.15. The van der Waals surface area contributed by atoms with Crippen molar-refractivity contribution in [1.29, 1.82) is 0 Å². The van der Waals surface area contributed by atoms with E-state index in [1.807, 2.05) is 39.1 Å². The first-order valence-electron chi connectivity index (χ1n) is 9.05. The van der Waals surface area contributed by atoms with Crippen LogP contribution in [0.4, 0.5) is 5.69 Å². The van der Waals surface area contributed by atoms with E-state index >= 15 is 0 Å². The van der Waals surface area contributed by atoms with Gasteiger partial charge >= 0.3 is 0 Å². The minimum absolute atomic E-state index is 0.0357. The average Bonchev–Trinajstić information content (AvgIpc) is 2.65. The lowest BCUT2D eigenvalue weighted by Gasteiger charge is -2.31. The molecular weight excluding hydrogens is 398 g/mol. The van der Waals surface area contributed by atoms with Crippen LogP contribution in [-0.4, -0.2) is 56.8 Å². The first-order chi connectivity index (χ1) is 13.2. The van der Waals surface area contributed by atoms with Gasteiger partial charge in [-0.05, 0) is 62.4 Å². The van der Waals surface area contributed by atoms with Crippen LogP contribution in [0.5, 0.6) is 0 Å². The van der Waals surface area contributed by atoms with Crippen molar-refractivity contribution in [2.75, 3.05) is 38.5 Å². The fraction of sp³-hybridized carbons (Fsp3) is 0.350. The molecule has 6 nitrogen and oxygen atoms in total. The summed E-state index contributed by atoms with van der Waals surface area (Å²) in [5.41, 5.74) is 3.10. The highest BCUT2D eigenvalue weighted by atomic mass is 35.5. The summed E-state index contributed by atoms with van der Waals surface area (Å²) < 4.78 is 27.5. The number of rotatable bonds is 4. The Labute approximate surface area is 171 Å². The summed E-state index contributed by atoms with van der Waals surface area (Å²) >= 11 is 6.18. The Morgan fingerprint density at radius 2 is 1.68 bits per heavy atom. The summed E-state index contributed by atoms with van der Waals surface area (Å²) in [6, 6.07) is 9.97. The zero-order valence-electron chi connectivity index (χ0n) is 16.2. The summed E-state index contributed by atoms with van der Waals surface area (Å²) in [5, 5.41) is 2.93. The average molecular weight is 422 g/mol. The summed E-state index contributed by atoms with van der Waals surface area (Å²) in [5.74, 6) is -0.380. The van der Waals surface area contributed by atoms with E-state index < -0.39 is 10.0 Å². The molecule has 1 aliphatic heterocycles. The Morgan fingerprint density at radius 3 is 2.32 bits per heavy atom. The van der Waals surface area contributed by atoms with E-state index in [9.17, 15) is 13.2 Å². The third-order valence-corrected chi connectivity index (χ3v) is 7.42. The number of carbonyl (C=O) groups excluding carboxylic acids is 1. The molecule has 1 saturated heterocycles. The van der Waals surface area contributed by atoms with Crippen molar-refractivity contribution < 1.29 is 13.2 Å². The predicted molar refractivity (Wildman–Crippen MR) is 112 cm³/mol. The lowest BCUT2D eigenvalue weighted by molar-refractivity contribution is 0.102. The number of aryl methyl sites for hydroxylation is 2. The maximum Gasteiger partial charge on any atom is 0.255 e. The van der Waals surface area contributed by atoms with Crippen molar-refractivity contribution in [2.24, 2.45) is 0 Å². The van der Waals surface area contributed by atoms with Gasteiger partial charge in [0.05, 0.1) is 5.02 Å². The number of anilines is 1. The molecule has 0 aromatic heterocycles. The second-order valence-corrected chi connectivity index (χ2v) is 9.42. The highest BCUT2D eigenvalue weighted by molar-refractivity contribution is 7.89. The molecule has 1 heterocycles. The number of hydrogen-bond donors (Lipinski definition) is 1. The van der Waals surface area contributed by atoms with Crippen LogP contribution >= 0.6 is 11.6 Å². The highest BCUT2D eigenvalue weighted by Crippen LogP contribution is 2.27. The number of amides is 1. The Balaban J connectivity index is 1.86. The lowest BCUT2D eigenvalue weighted by atomic mass is 10.1. The standard InChI is InChI=1S/C20H24ClN3O3S/c1-14-4-6-17(12-15(14)2)22-20(25)16-5-7-18(21)19(13-16)28(26,27)24-10-8-23(3)9-11-24/h4-7,12-13H,8-11H2,1-3H3,(H,22,25). The summed E-state index contributed by atoms with van der Waals surface area (Å²) in [6.07, 6.45) is 0. The molecule has 0 atom stereocenters. The zero-order chi connectivity index (χ0) is 20.5. The molecule has 0 saturated carbocycles. The van der Waals surface area contributed by atoms with Gasteiger partial charge in [-0.1, -0.05) is 17.7 Å². The third kappa shape index (κ3) is 4.38.